The minimum atomic E-state index is -0.220. The topological polar surface area (TPSA) is 61.0 Å². The Morgan fingerprint density at radius 2 is 2.00 bits per heavy atom. The molecule has 2 aliphatic carbocycles. The molecule has 5 rings (SSSR count). The average Bonchev–Trinajstić information content (AvgIpc) is 3.04. The maximum atomic E-state index is 13.4. The number of benzene rings is 2. The third kappa shape index (κ3) is 2.85. The largest absolute Gasteiger partial charge is 0.334 e. The normalized spacial score (nSPS) is 25.2. The number of carbonyl (C=O) groups excluding carboxylic acids is 1. The summed E-state index contributed by atoms with van der Waals surface area (Å²) < 4.78 is 13.2. The number of nitrogens with one attached hydrogen (secondary N) is 2. The van der Waals surface area contributed by atoms with Crippen LogP contribution in [-0.2, 0) is 6.54 Å². The van der Waals surface area contributed by atoms with Crippen molar-refractivity contribution in [3.8, 4) is 0 Å². The van der Waals surface area contributed by atoms with Gasteiger partial charge < -0.3 is 15.2 Å². The highest BCUT2D eigenvalue weighted by Crippen LogP contribution is 2.63. The Hall–Kier alpha value is -2.73. The zero-order valence-corrected chi connectivity index (χ0v) is 16.5. The molecule has 0 saturated heterocycles. The molecule has 1 aromatic heterocycles. The van der Waals surface area contributed by atoms with E-state index in [0.29, 0.717) is 18.9 Å². The quantitative estimate of drug-likeness (QED) is 0.666. The van der Waals surface area contributed by atoms with Gasteiger partial charge in [-0.05, 0) is 62.4 Å². The number of imidazole rings is 1. The van der Waals surface area contributed by atoms with E-state index in [1.54, 1.807) is 0 Å². The van der Waals surface area contributed by atoms with Gasteiger partial charge in [0.1, 0.15) is 5.82 Å². The van der Waals surface area contributed by atoms with Crippen molar-refractivity contribution in [1.29, 1.82) is 0 Å². The van der Waals surface area contributed by atoms with Gasteiger partial charge in [-0.15, -0.1) is 0 Å². The fourth-order valence-corrected chi connectivity index (χ4v) is 5.29. The minimum absolute atomic E-state index is 0.0314. The maximum absolute atomic E-state index is 13.4. The molecule has 1 amide bonds. The zero-order valence-electron chi connectivity index (χ0n) is 16.5. The molecule has 0 aliphatic heterocycles. The summed E-state index contributed by atoms with van der Waals surface area (Å²) in [5.41, 5.74) is 2.54. The predicted molar refractivity (Wildman–Crippen MR) is 110 cm³/mol. The highest BCUT2D eigenvalue weighted by atomic mass is 19.1. The van der Waals surface area contributed by atoms with E-state index in [1.165, 1.54) is 12.1 Å². The van der Waals surface area contributed by atoms with Gasteiger partial charge in [0.2, 0.25) is 0 Å². The van der Waals surface area contributed by atoms with E-state index in [-0.39, 0.29) is 22.8 Å². The first kappa shape index (κ1) is 18.3. The first-order valence-corrected chi connectivity index (χ1v) is 10.3. The van der Waals surface area contributed by atoms with Crippen molar-refractivity contribution in [2.45, 2.75) is 50.2 Å². The van der Waals surface area contributed by atoms with Crippen LogP contribution >= 0.6 is 0 Å². The molecule has 2 aliphatic rings. The first-order chi connectivity index (χ1) is 14.1. The number of amides is 1. The van der Waals surface area contributed by atoms with E-state index >= 15 is 0 Å². The number of likely N-dealkylation sites (N-methyl/N-ethyl adjacent to an activating group) is 1. The molecular weight excluding hydrogens is 367 g/mol. The molecule has 2 saturated carbocycles. The van der Waals surface area contributed by atoms with Crippen LogP contribution in [0.2, 0.25) is 0 Å². The van der Waals surface area contributed by atoms with E-state index in [2.05, 4.69) is 15.3 Å². The van der Waals surface area contributed by atoms with E-state index in [4.69, 9.17) is 0 Å². The number of halogens is 1. The number of hydrogen-bond acceptors (Lipinski definition) is 3. The van der Waals surface area contributed by atoms with Gasteiger partial charge in [0, 0.05) is 18.6 Å². The monoisotopic (exact) mass is 392 g/mol. The van der Waals surface area contributed by atoms with Gasteiger partial charge in [-0.3, -0.25) is 4.79 Å². The molecule has 0 spiro atoms. The van der Waals surface area contributed by atoms with Crippen molar-refractivity contribution in [3.63, 3.8) is 0 Å². The van der Waals surface area contributed by atoms with Crippen LogP contribution in [0.4, 0.5) is 4.39 Å². The van der Waals surface area contributed by atoms with Crippen LogP contribution in [0.3, 0.4) is 0 Å². The molecule has 29 heavy (non-hydrogen) atoms. The summed E-state index contributed by atoms with van der Waals surface area (Å²) in [6.07, 6.45) is 4.11. The number of fused-ring (bicyclic) bond motifs is 2. The molecule has 0 radical (unpaired) electrons. The van der Waals surface area contributed by atoms with E-state index in [0.717, 1.165) is 42.3 Å². The highest BCUT2D eigenvalue weighted by molar-refractivity contribution is 5.95. The molecule has 6 heteroatoms. The molecule has 1 heterocycles. The Balaban J connectivity index is 1.37. The molecule has 3 aromatic rings. The number of aromatic amines is 1. The highest BCUT2D eigenvalue weighted by Gasteiger charge is 2.73. The second kappa shape index (κ2) is 6.66. The van der Waals surface area contributed by atoms with Gasteiger partial charge in [-0.25, -0.2) is 9.37 Å². The van der Waals surface area contributed by atoms with Gasteiger partial charge >= 0.3 is 0 Å². The van der Waals surface area contributed by atoms with Crippen molar-refractivity contribution in [2.75, 3.05) is 6.54 Å². The summed E-state index contributed by atoms with van der Waals surface area (Å²) in [5.74, 6) is 0.159. The fourth-order valence-electron chi connectivity index (χ4n) is 5.29. The number of rotatable bonds is 6. The molecule has 0 unspecified atom stereocenters. The number of carbonyl (C=O) groups is 1. The Morgan fingerprint density at radius 1 is 1.21 bits per heavy atom. The number of para-hydroxylation sites is 2. The SMILES string of the molecule is CCN(C(=O)c1nc2ccccc2[nH]1)[C@]12CCC[C@]1(NCc1ccc(F)cc1)C2. The third-order valence-corrected chi connectivity index (χ3v) is 6.77. The van der Waals surface area contributed by atoms with Gasteiger partial charge in [0.05, 0.1) is 16.6 Å². The van der Waals surface area contributed by atoms with E-state index in [9.17, 15) is 9.18 Å². The van der Waals surface area contributed by atoms with Gasteiger partial charge in [0.15, 0.2) is 5.82 Å². The maximum Gasteiger partial charge on any atom is 0.290 e. The molecule has 2 fully saturated rings. The zero-order chi connectivity index (χ0) is 20.1. The van der Waals surface area contributed by atoms with Gasteiger partial charge in [-0.1, -0.05) is 24.3 Å². The lowest BCUT2D eigenvalue weighted by atomic mass is 10.1. The summed E-state index contributed by atoms with van der Waals surface area (Å²) in [7, 11) is 0. The Labute approximate surface area is 169 Å². The number of aromatic nitrogens is 2. The molecule has 150 valence electrons. The van der Waals surface area contributed by atoms with Crippen molar-refractivity contribution >= 4 is 16.9 Å². The molecular formula is C23H25FN4O. The summed E-state index contributed by atoms with van der Waals surface area (Å²) in [4.78, 5) is 23.1. The van der Waals surface area contributed by atoms with Crippen molar-refractivity contribution in [3.05, 3.63) is 65.7 Å². The molecule has 0 bridgehead atoms. The second-order valence-electron chi connectivity index (χ2n) is 8.28. The van der Waals surface area contributed by atoms with Crippen molar-refractivity contribution < 1.29 is 9.18 Å². The first-order valence-electron chi connectivity index (χ1n) is 10.3. The molecule has 2 atom stereocenters. The van der Waals surface area contributed by atoms with Crippen LogP contribution in [-0.4, -0.2) is 38.4 Å². The predicted octanol–water partition coefficient (Wildman–Crippen LogP) is 4.02. The second-order valence-corrected chi connectivity index (χ2v) is 8.28. The van der Waals surface area contributed by atoms with Crippen molar-refractivity contribution in [2.24, 2.45) is 0 Å². The van der Waals surface area contributed by atoms with Crippen LogP contribution in [0.15, 0.2) is 48.5 Å². The van der Waals surface area contributed by atoms with Gasteiger partial charge in [-0.2, -0.15) is 0 Å². The Kier molecular flexibility index (Phi) is 4.21. The van der Waals surface area contributed by atoms with Crippen LogP contribution in [0, 0.1) is 5.82 Å². The summed E-state index contributed by atoms with van der Waals surface area (Å²) in [5, 5.41) is 3.71. The Morgan fingerprint density at radius 3 is 2.76 bits per heavy atom. The van der Waals surface area contributed by atoms with E-state index in [1.807, 2.05) is 48.2 Å². The average molecular weight is 392 g/mol. The molecule has 5 nitrogen and oxygen atoms in total. The lowest BCUT2D eigenvalue weighted by molar-refractivity contribution is 0.0625. The lowest BCUT2D eigenvalue weighted by Gasteiger charge is -2.32. The van der Waals surface area contributed by atoms with Crippen LogP contribution in [0.25, 0.3) is 11.0 Å². The van der Waals surface area contributed by atoms with Crippen LogP contribution < -0.4 is 5.32 Å². The molecule has 2 aromatic carbocycles. The number of H-pyrrole nitrogens is 1. The van der Waals surface area contributed by atoms with Crippen molar-refractivity contribution in [1.82, 2.24) is 20.2 Å². The lowest BCUT2D eigenvalue weighted by Crippen LogP contribution is -2.49. The van der Waals surface area contributed by atoms with Crippen LogP contribution in [0.1, 0.15) is 48.8 Å². The number of nitrogens with zero attached hydrogens (tertiary/aromatic N) is 2. The third-order valence-electron chi connectivity index (χ3n) is 6.77. The minimum Gasteiger partial charge on any atom is -0.334 e. The molecule has 2 N–H and O–H groups in total. The summed E-state index contributed by atoms with van der Waals surface area (Å²) in [6, 6.07) is 14.3. The number of hydrogen-bond donors (Lipinski definition) is 2. The van der Waals surface area contributed by atoms with E-state index < -0.39 is 0 Å². The summed E-state index contributed by atoms with van der Waals surface area (Å²) >= 11 is 0. The van der Waals surface area contributed by atoms with Gasteiger partial charge in [0.25, 0.3) is 5.91 Å². The van der Waals surface area contributed by atoms with Crippen LogP contribution in [0.5, 0.6) is 0 Å². The standard InChI is InChI=1S/C23H25FN4O/c1-2-28(21(29)20-26-18-6-3-4-7-19(18)27-20)23-13-5-12-22(23,15-23)25-14-16-8-10-17(24)11-9-16/h3-4,6-11,25H,2,5,12-15H2,1H3,(H,26,27)/t22-,23-/m0/s1. The fraction of sp³-hybridized carbons (Fsp3) is 0.391. The summed E-state index contributed by atoms with van der Waals surface area (Å²) in [6.45, 7) is 3.37. The Bertz CT molecular complexity index is 1030. The smallest absolute Gasteiger partial charge is 0.290 e.